The number of nitrogens with one attached hydrogen (secondary N) is 2. The van der Waals surface area contributed by atoms with Gasteiger partial charge in [-0.1, -0.05) is 0 Å². The molecule has 0 unspecified atom stereocenters. The summed E-state index contributed by atoms with van der Waals surface area (Å²) in [7, 11) is 0. The number of anilines is 1. The molecular formula is C10H6F3N5O2. The van der Waals surface area contributed by atoms with Crippen LogP contribution < -0.4 is 10.7 Å². The van der Waals surface area contributed by atoms with Crippen LogP contribution in [0.1, 0.15) is 0 Å². The summed E-state index contributed by atoms with van der Waals surface area (Å²) in [5, 5.41) is 8.54. The van der Waals surface area contributed by atoms with E-state index in [9.17, 15) is 22.8 Å². The van der Waals surface area contributed by atoms with Crippen molar-refractivity contribution in [2.24, 2.45) is 0 Å². The monoisotopic (exact) mass is 285 g/mol. The lowest BCUT2D eigenvalue weighted by atomic mass is 10.2. The van der Waals surface area contributed by atoms with Gasteiger partial charge in [0.2, 0.25) is 0 Å². The fourth-order valence-electron chi connectivity index (χ4n) is 1.23. The summed E-state index contributed by atoms with van der Waals surface area (Å²) >= 11 is 0. The predicted molar refractivity (Wildman–Crippen MR) is 59.3 cm³/mol. The van der Waals surface area contributed by atoms with E-state index in [4.69, 9.17) is 0 Å². The maximum Gasteiger partial charge on any atom is 0.328 e. The lowest BCUT2D eigenvalue weighted by Crippen LogP contribution is -2.33. The highest BCUT2D eigenvalue weighted by atomic mass is 19.2. The fourth-order valence-corrected chi connectivity index (χ4v) is 1.23. The first-order valence-corrected chi connectivity index (χ1v) is 5.09. The number of hydrogen-bond donors (Lipinski definition) is 2. The van der Waals surface area contributed by atoms with Gasteiger partial charge in [-0.05, 0) is 12.1 Å². The Kier molecular flexibility index (Phi) is 3.64. The first-order valence-electron chi connectivity index (χ1n) is 5.09. The highest BCUT2D eigenvalue weighted by Gasteiger charge is 2.19. The molecule has 0 spiro atoms. The summed E-state index contributed by atoms with van der Waals surface area (Å²) in [6.07, 6.45) is 2.20. The topological polar surface area (TPSA) is 88.9 Å². The number of nitrogens with zero attached hydrogens (tertiary/aromatic N) is 3. The Balaban J connectivity index is 2.08. The molecule has 7 nitrogen and oxygen atoms in total. The van der Waals surface area contributed by atoms with E-state index in [1.165, 1.54) is 0 Å². The lowest BCUT2D eigenvalue weighted by molar-refractivity contribution is -0.133. The third-order valence-electron chi connectivity index (χ3n) is 2.14. The van der Waals surface area contributed by atoms with Crippen molar-refractivity contribution in [1.82, 2.24) is 14.9 Å². The molecule has 1 aromatic carbocycles. The summed E-state index contributed by atoms with van der Waals surface area (Å²) in [6.45, 7) is 0. The van der Waals surface area contributed by atoms with Gasteiger partial charge in [0.15, 0.2) is 17.5 Å². The second-order valence-electron chi connectivity index (χ2n) is 3.49. The molecule has 0 aliphatic heterocycles. The van der Waals surface area contributed by atoms with Gasteiger partial charge < -0.3 is 5.32 Å². The first-order chi connectivity index (χ1) is 9.49. The van der Waals surface area contributed by atoms with Crippen molar-refractivity contribution in [3.05, 3.63) is 42.2 Å². The highest BCUT2D eigenvalue weighted by molar-refractivity contribution is 6.42. The molecule has 0 atom stereocenters. The summed E-state index contributed by atoms with van der Waals surface area (Å²) in [6, 6.07) is 1.41. The molecule has 20 heavy (non-hydrogen) atoms. The number of aromatic nitrogens is 3. The van der Waals surface area contributed by atoms with Crippen LogP contribution in [0.25, 0.3) is 0 Å². The number of carbonyl (C=O) groups excluding carboxylic acids is 2. The molecule has 2 amide bonds. The second kappa shape index (κ2) is 5.38. The molecule has 0 radical (unpaired) electrons. The van der Waals surface area contributed by atoms with Gasteiger partial charge in [-0.15, -0.1) is 10.2 Å². The maximum atomic E-state index is 13.3. The smallest absolute Gasteiger partial charge is 0.315 e. The number of benzene rings is 1. The molecule has 0 aliphatic carbocycles. The van der Waals surface area contributed by atoms with Crippen LogP contribution in [0.15, 0.2) is 24.8 Å². The van der Waals surface area contributed by atoms with Gasteiger partial charge >= 0.3 is 11.8 Å². The highest BCUT2D eigenvalue weighted by Crippen LogP contribution is 2.19. The van der Waals surface area contributed by atoms with E-state index in [1.807, 2.05) is 5.43 Å². The second-order valence-corrected chi connectivity index (χ2v) is 3.49. The Hall–Kier alpha value is -2.91. The van der Waals surface area contributed by atoms with Crippen LogP contribution >= 0.6 is 0 Å². The largest absolute Gasteiger partial charge is 0.328 e. The summed E-state index contributed by atoms with van der Waals surface area (Å²) < 4.78 is 39.9. The summed E-state index contributed by atoms with van der Waals surface area (Å²) in [5.41, 5.74) is 1.38. The van der Waals surface area contributed by atoms with Crippen molar-refractivity contribution in [1.29, 1.82) is 0 Å². The van der Waals surface area contributed by atoms with Crippen LogP contribution in [0.4, 0.5) is 18.9 Å². The standard InChI is InChI=1S/C10H6F3N5O2/c11-5-1-2-6(8(13)7(5)12)16-9(19)10(20)17-18-3-14-15-4-18/h1-4H,(H,16,19)(H,17,20). The molecule has 10 heteroatoms. The molecular weight excluding hydrogens is 279 g/mol. The van der Waals surface area contributed by atoms with Gasteiger partial charge in [0.25, 0.3) is 0 Å². The average molecular weight is 285 g/mol. The molecule has 0 saturated heterocycles. The van der Waals surface area contributed by atoms with Gasteiger partial charge in [-0.3, -0.25) is 15.0 Å². The number of hydrogen-bond acceptors (Lipinski definition) is 4. The molecule has 2 aromatic rings. The Morgan fingerprint density at radius 2 is 1.65 bits per heavy atom. The SMILES string of the molecule is O=C(Nc1ccc(F)c(F)c1F)C(=O)Nn1cnnc1. The number of carbonyl (C=O) groups is 2. The Bertz CT molecular complexity index is 659. The van der Waals surface area contributed by atoms with E-state index < -0.39 is 35.0 Å². The van der Waals surface area contributed by atoms with Crippen LogP contribution in [0, 0.1) is 17.5 Å². The van der Waals surface area contributed by atoms with Crippen LogP contribution in [-0.2, 0) is 9.59 Å². The van der Waals surface area contributed by atoms with E-state index in [2.05, 4.69) is 10.2 Å². The van der Waals surface area contributed by atoms with Crippen LogP contribution in [0.3, 0.4) is 0 Å². The maximum absolute atomic E-state index is 13.3. The van der Waals surface area contributed by atoms with Crippen molar-refractivity contribution < 1.29 is 22.8 Å². The van der Waals surface area contributed by atoms with Crippen molar-refractivity contribution >= 4 is 17.5 Å². The minimum Gasteiger partial charge on any atom is -0.315 e. The number of rotatable bonds is 2. The predicted octanol–water partition coefficient (Wildman–Crippen LogP) is 0.404. The zero-order chi connectivity index (χ0) is 14.7. The molecule has 2 rings (SSSR count). The molecule has 104 valence electrons. The molecule has 1 heterocycles. The van der Waals surface area contributed by atoms with Crippen molar-refractivity contribution in [2.45, 2.75) is 0 Å². The normalized spacial score (nSPS) is 10.2. The van der Waals surface area contributed by atoms with Gasteiger partial charge in [-0.2, -0.15) is 0 Å². The molecule has 0 fully saturated rings. The molecule has 0 bridgehead atoms. The van der Waals surface area contributed by atoms with Crippen molar-refractivity contribution in [2.75, 3.05) is 10.7 Å². The van der Waals surface area contributed by atoms with Gasteiger partial charge in [0, 0.05) is 0 Å². The van der Waals surface area contributed by atoms with E-state index in [0.29, 0.717) is 6.07 Å². The number of amides is 2. The Morgan fingerprint density at radius 3 is 2.30 bits per heavy atom. The van der Waals surface area contributed by atoms with Gasteiger partial charge in [-0.25, -0.2) is 17.8 Å². The minimum atomic E-state index is -1.75. The fraction of sp³-hybridized carbons (Fsp3) is 0. The zero-order valence-electron chi connectivity index (χ0n) is 9.60. The molecule has 1 aromatic heterocycles. The van der Waals surface area contributed by atoms with E-state index in [1.54, 1.807) is 5.32 Å². The molecule has 2 N–H and O–H groups in total. The summed E-state index contributed by atoms with van der Waals surface area (Å²) in [5.74, 6) is -7.20. The number of halogens is 3. The Labute approximate surface area is 109 Å². The van der Waals surface area contributed by atoms with Crippen LogP contribution in [0.2, 0.25) is 0 Å². The minimum absolute atomic E-state index is 0.617. The van der Waals surface area contributed by atoms with Gasteiger partial charge in [0.1, 0.15) is 12.7 Å². The lowest BCUT2D eigenvalue weighted by Gasteiger charge is -2.07. The third kappa shape index (κ3) is 2.74. The quantitative estimate of drug-likeness (QED) is 0.617. The van der Waals surface area contributed by atoms with Crippen LogP contribution in [-0.4, -0.2) is 26.7 Å². The zero-order valence-corrected chi connectivity index (χ0v) is 9.60. The average Bonchev–Trinajstić information content (AvgIpc) is 2.92. The van der Waals surface area contributed by atoms with E-state index >= 15 is 0 Å². The molecule has 0 saturated carbocycles. The van der Waals surface area contributed by atoms with Crippen molar-refractivity contribution in [3.63, 3.8) is 0 Å². The van der Waals surface area contributed by atoms with E-state index in [0.717, 1.165) is 23.4 Å². The van der Waals surface area contributed by atoms with Crippen LogP contribution in [0.5, 0.6) is 0 Å². The molecule has 0 aliphatic rings. The first kappa shape index (κ1) is 13.5. The van der Waals surface area contributed by atoms with E-state index in [-0.39, 0.29) is 0 Å². The van der Waals surface area contributed by atoms with Gasteiger partial charge in [0.05, 0.1) is 5.69 Å². The third-order valence-corrected chi connectivity index (χ3v) is 2.14. The van der Waals surface area contributed by atoms with Crippen molar-refractivity contribution in [3.8, 4) is 0 Å². The Morgan fingerprint density at radius 1 is 1.00 bits per heavy atom. The summed E-state index contributed by atoms with van der Waals surface area (Å²) in [4.78, 5) is 22.8.